The first-order chi connectivity index (χ1) is 8.49. The topological polar surface area (TPSA) is 71.1 Å². The lowest BCUT2D eigenvalue weighted by Crippen LogP contribution is -2.51. The minimum Gasteiger partial charge on any atom is -0.313 e. The van der Waals surface area contributed by atoms with E-state index in [2.05, 4.69) is 31.0 Å². The summed E-state index contributed by atoms with van der Waals surface area (Å²) in [4.78, 5) is 4.07. The van der Waals surface area contributed by atoms with Crippen LogP contribution in [0.5, 0.6) is 0 Å². The molecule has 1 aliphatic heterocycles. The van der Waals surface area contributed by atoms with Gasteiger partial charge in [0.15, 0.2) is 0 Å². The molecule has 1 aromatic heterocycles. The van der Waals surface area contributed by atoms with E-state index in [1.54, 1.807) is 12.3 Å². The quantitative estimate of drug-likeness (QED) is 0.849. The molecule has 1 aliphatic rings. The molecule has 8 heteroatoms. The largest absolute Gasteiger partial charge is 0.313 e. The monoisotopic (exact) mass is 369 g/mol. The fourth-order valence-electron chi connectivity index (χ4n) is 2.01. The average molecular weight is 371 g/mol. The van der Waals surface area contributed by atoms with E-state index in [0.29, 0.717) is 4.47 Å². The number of sulfonamides is 1. The highest BCUT2D eigenvalue weighted by Gasteiger charge is 2.26. The Bertz CT molecular complexity index is 526. The van der Waals surface area contributed by atoms with Crippen molar-refractivity contribution in [1.29, 1.82) is 0 Å². The fourth-order valence-corrected chi connectivity index (χ4v) is 3.87. The van der Waals surface area contributed by atoms with Gasteiger partial charge in [-0.15, -0.1) is 12.4 Å². The number of hydrogen-bond acceptors (Lipinski definition) is 4. The Kier molecular flexibility index (Phi) is 6.19. The highest BCUT2D eigenvalue weighted by atomic mass is 79.9. The second-order valence-electron chi connectivity index (χ2n) is 4.45. The van der Waals surface area contributed by atoms with Gasteiger partial charge in [-0.2, -0.15) is 0 Å². The molecule has 1 saturated heterocycles. The normalized spacial score (nSPS) is 23.7. The molecule has 0 aliphatic carbocycles. The SMILES string of the molecule is CC1NCCCC1NS(=O)(=O)c1cncc(Br)c1.Cl. The predicted octanol–water partition coefficient (Wildman–Crippen LogP) is 1.68. The van der Waals surface area contributed by atoms with E-state index in [0.717, 1.165) is 19.4 Å². The molecule has 19 heavy (non-hydrogen) atoms. The number of hydrogen-bond donors (Lipinski definition) is 2. The Morgan fingerprint density at radius 2 is 2.21 bits per heavy atom. The van der Waals surface area contributed by atoms with Gasteiger partial charge in [0.2, 0.25) is 10.0 Å². The lowest BCUT2D eigenvalue weighted by Gasteiger charge is -2.30. The van der Waals surface area contributed by atoms with E-state index in [1.807, 2.05) is 6.92 Å². The maximum Gasteiger partial charge on any atom is 0.242 e. The van der Waals surface area contributed by atoms with Crippen LogP contribution >= 0.6 is 28.3 Å². The minimum absolute atomic E-state index is 0. The Morgan fingerprint density at radius 1 is 1.47 bits per heavy atom. The Labute approximate surface area is 128 Å². The van der Waals surface area contributed by atoms with Crippen LogP contribution in [0, 0.1) is 0 Å². The van der Waals surface area contributed by atoms with E-state index in [9.17, 15) is 8.42 Å². The third kappa shape index (κ3) is 4.39. The number of aromatic nitrogens is 1. The van der Waals surface area contributed by atoms with Crippen LogP contribution in [-0.4, -0.2) is 32.0 Å². The summed E-state index contributed by atoms with van der Waals surface area (Å²) in [6.07, 6.45) is 4.75. The first-order valence-corrected chi connectivity index (χ1v) is 8.13. The second kappa shape index (κ2) is 6.99. The van der Waals surface area contributed by atoms with E-state index >= 15 is 0 Å². The van der Waals surface area contributed by atoms with Gasteiger partial charge in [-0.25, -0.2) is 13.1 Å². The number of nitrogens with one attached hydrogen (secondary N) is 2. The zero-order chi connectivity index (χ0) is 13.2. The van der Waals surface area contributed by atoms with Gasteiger partial charge in [-0.05, 0) is 48.3 Å². The summed E-state index contributed by atoms with van der Waals surface area (Å²) < 4.78 is 27.8. The van der Waals surface area contributed by atoms with Crippen molar-refractivity contribution in [3.63, 3.8) is 0 Å². The number of nitrogens with zero attached hydrogens (tertiary/aromatic N) is 1. The molecule has 0 amide bonds. The standard InChI is InChI=1S/C11H16BrN3O2S.ClH/c1-8-11(3-2-4-14-8)15-18(16,17)10-5-9(12)6-13-7-10;/h5-8,11,14-15H,2-4H2,1H3;1H. The second-order valence-corrected chi connectivity index (χ2v) is 7.08. The van der Waals surface area contributed by atoms with E-state index < -0.39 is 10.0 Å². The van der Waals surface area contributed by atoms with Crippen LogP contribution in [-0.2, 0) is 10.0 Å². The molecular weight excluding hydrogens is 354 g/mol. The molecule has 2 atom stereocenters. The van der Waals surface area contributed by atoms with Crippen molar-refractivity contribution in [3.05, 3.63) is 22.9 Å². The zero-order valence-electron chi connectivity index (χ0n) is 10.5. The molecule has 5 nitrogen and oxygen atoms in total. The summed E-state index contributed by atoms with van der Waals surface area (Å²) in [7, 11) is -3.50. The average Bonchev–Trinajstić information content (AvgIpc) is 2.32. The van der Waals surface area contributed by atoms with Crippen molar-refractivity contribution in [3.8, 4) is 0 Å². The van der Waals surface area contributed by atoms with Crippen molar-refractivity contribution in [2.75, 3.05) is 6.54 Å². The number of piperidine rings is 1. The summed E-state index contributed by atoms with van der Waals surface area (Å²) in [5.41, 5.74) is 0. The van der Waals surface area contributed by atoms with Gasteiger partial charge < -0.3 is 5.32 Å². The zero-order valence-corrected chi connectivity index (χ0v) is 13.7. The van der Waals surface area contributed by atoms with Crippen LogP contribution in [0.2, 0.25) is 0 Å². The maximum absolute atomic E-state index is 12.2. The van der Waals surface area contributed by atoms with Gasteiger partial charge in [0, 0.05) is 29.0 Å². The molecule has 1 fully saturated rings. The Hall–Kier alpha value is -0.210. The molecule has 2 heterocycles. The third-order valence-corrected chi connectivity index (χ3v) is 4.95. The number of halogens is 2. The van der Waals surface area contributed by atoms with Crippen LogP contribution in [0.25, 0.3) is 0 Å². The van der Waals surface area contributed by atoms with Crippen LogP contribution in [0.15, 0.2) is 27.8 Å². The molecule has 0 aromatic carbocycles. The van der Waals surface area contributed by atoms with Crippen LogP contribution in [0.3, 0.4) is 0 Å². The fraction of sp³-hybridized carbons (Fsp3) is 0.545. The lowest BCUT2D eigenvalue weighted by atomic mass is 10.0. The van der Waals surface area contributed by atoms with Gasteiger partial charge in [-0.1, -0.05) is 0 Å². The highest BCUT2D eigenvalue weighted by molar-refractivity contribution is 9.10. The van der Waals surface area contributed by atoms with Crippen LogP contribution in [0.1, 0.15) is 19.8 Å². The Morgan fingerprint density at radius 3 is 2.84 bits per heavy atom. The van der Waals surface area contributed by atoms with Crippen molar-refractivity contribution >= 4 is 38.4 Å². The molecule has 0 spiro atoms. The molecule has 0 saturated carbocycles. The van der Waals surface area contributed by atoms with Crippen molar-refractivity contribution in [1.82, 2.24) is 15.0 Å². The van der Waals surface area contributed by atoms with E-state index in [4.69, 9.17) is 0 Å². The van der Waals surface area contributed by atoms with Crippen molar-refractivity contribution < 1.29 is 8.42 Å². The van der Waals surface area contributed by atoms with Crippen molar-refractivity contribution in [2.45, 2.75) is 36.7 Å². The lowest BCUT2D eigenvalue weighted by molar-refractivity contribution is 0.349. The van der Waals surface area contributed by atoms with E-state index in [-0.39, 0.29) is 29.4 Å². The van der Waals surface area contributed by atoms with Gasteiger partial charge in [0.05, 0.1) is 0 Å². The molecule has 0 bridgehead atoms. The minimum atomic E-state index is -3.50. The maximum atomic E-state index is 12.2. The van der Waals surface area contributed by atoms with Crippen molar-refractivity contribution in [2.24, 2.45) is 0 Å². The summed E-state index contributed by atoms with van der Waals surface area (Å²) >= 11 is 3.22. The van der Waals surface area contributed by atoms with Gasteiger partial charge in [0.25, 0.3) is 0 Å². The molecule has 0 radical (unpaired) electrons. The first-order valence-electron chi connectivity index (χ1n) is 5.85. The van der Waals surface area contributed by atoms with Crippen LogP contribution in [0.4, 0.5) is 0 Å². The molecule has 2 unspecified atom stereocenters. The Balaban J connectivity index is 0.00000180. The van der Waals surface area contributed by atoms with Gasteiger partial charge in [-0.3, -0.25) is 4.98 Å². The first kappa shape index (κ1) is 16.8. The molecule has 2 N–H and O–H groups in total. The highest BCUT2D eigenvalue weighted by Crippen LogP contribution is 2.16. The third-order valence-electron chi connectivity index (χ3n) is 3.06. The van der Waals surface area contributed by atoms with E-state index in [1.165, 1.54) is 6.20 Å². The smallest absolute Gasteiger partial charge is 0.242 e. The molecular formula is C11H17BrClN3O2S. The van der Waals surface area contributed by atoms with Crippen LogP contribution < -0.4 is 10.0 Å². The number of rotatable bonds is 3. The van der Waals surface area contributed by atoms with Gasteiger partial charge >= 0.3 is 0 Å². The van der Waals surface area contributed by atoms with Gasteiger partial charge in [0.1, 0.15) is 4.90 Å². The molecule has 1 aromatic rings. The predicted molar refractivity (Wildman–Crippen MR) is 80.0 cm³/mol. The summed E-state index contributed by atoms with van der Waals surface area (Å²) in [6.45, 7) is 2.93. The molecule has 2 rings (SSSR count). The summed E-state index contributed by atoms with van der Waals surface area (Å²) in [6, 6.07) is 1.63. The summed E-state index contributed by atoms with van der Waals surface area (Å²) in [5.74, 6) is 0. The molecule has 108 valence electrons. The number of pyridine rings is 1. The summed E-state index contributed by atoms with van der Waals surface area (Å²) in [5, 5.41) is 3.27.